The van der Waals surface area contributed by atoms with E-state index < -0.39 is 0 Å². The number of nitriles is 1. The first-order valence-electron chi connectivity index (χ1n) is 11.3. The van der Waals surface area contributed by atoms with Gasteiger partial charge in [-0.1, -0.05) is 30.3 Å². The van der Waals surface area contributed by atoms with Crippen molar-refractivity contribution in [1.29, 1.82) is 5.26 Å². The van der Waals surface area contributed by atoms with E-state index in [1.807, 2.05) is 48.3 Å². The summed E-state index contributed by atoms with van der Waals surface area (Å²) in [5.41, 5.74) is 4.17. The summed E-state index contributed by atoms with van der Waals surface area (Å²) in [6, 6.07) is 24.5. The van der Waals surface area contributed by atoms with Crippen LogP contribution in [0, 0.1) is 17.1 Å². The van der Waals surface area contributed by atoms with Gasteiger partial charge < -0.3 is 5.32 Å². The molecule has 0 fully saturated rings. The van der Waals surface area contributed by atoms with E-state index in [1.165, 1.54) is 12.1 Å². The van der Waals surface area contributed by atoms with Crippen LogP contribution in [0.2, 0.25) is 0 Å². The summed E-state index contributed by atoms with van der Waals surface area (Å²) >= 11 is 0. The molecule has 2 heterocycles. The second-order valence-corrected chi connectivity index (χ2v) is 8.49. The molecule has 4 aromatic rings. The van der Waals surface area contributed by atoms with Gasteiger partial charge in [-0.15, -0.1) is 0 Å². The van der Waals surface area contributed by atoms with E-state index >= 15 is 0 Å². The molecule has 7 heteroatoms. The van der Waals surface area contributed by atoms with Crippen LogP contribution in [0.25, 0.3) is 22.2 Å². The third-order valence-corrected chi connectivity index (χ3v) is 6.19. The molecule has 35 heavy (non-hydrogen) atoms. The maximum Gasteiger partial charge on any atom is 0.252 e. The minimum absolute atomic E-state index is 0.0562. The molecule has 3 aromatic carbocycles. The van der Waals surface area contributed by atoms with Crippen molar-refractivity contribution in [2.45, 2.75) is 25.6 Å². The zero-order valence-electron chi connectivity index (χ0n) is 19.0. The molecule has 1 N–H and O–H groups in total. The van der Waals surface area contributed by atoms with E-state index in [-0.39, 0.29) is 23.8 Å². The number of benzene rings is 3. The van der Waals surface area contributed by atoms with Gasteiger partial charge in [0, 0.05) is 17.2 Å². The minimum Gasteiger partial charge on any atom is -0.342 e. The van der Waals surface area contributed by atoms with Crippen molar-refractivity contribution in [3.63, 3.8) is 0 Å². The number of hydrogen-bond donors (Lipinski definition) is 1. The predicted octanol–water partition coefficient (Wildman–Crippen LogP) is 4.90. The number of carbonyl (C=O) groups excluding carboxylic acids is 1. The summed E-state index contributed by atoms with van der Waals surface area (Å²) in [7, 11) is 0. The Balaban J connectivity index is 1.37. The predicted molar refractivity (Wildman–Crippen MR) is 133 cm³/mol. The highest BCUT2D eigenvalue weighted by Gasteiger charge is 2.29. The Hall–Kier alpha value is -4.57. The molecule has 2 unspecified atom stereocenters. The van der Waals surface area contributed by atoms with Gasteiger partial charge in [0.1, 0.15) is 5.82 Å². The van der Waals surface area contributed by atoms with Crippen molar-refractivity contribution in [2.24, 2.45) is 5.10 Å². The van der Waals surface area contributed by atoms with Crippen LogP contribution >= 0.6 is 0 Å². The van der Waals surface area contributed by atoms with Gasteiger partial charge >= 0.3 is 0 Å². The fourth-order valence-electron chi connectivity index (χ4n) is 4.15. The average Bonchev–Trinajstić information content (AvgIpc) is 3.22. The number of carbonyl (C=O) groups is 1. The number of nitrogens with one attached hydrogen (secondary N) is 1. The second kappa shape index (κ2) is 9.35. The largest absolute Gasteiger partial charge is 0.342 e. The number of aromatic nitrogens is 1. The van der Waals surface area contributed by atoms with Gasteiger partial charge in [-0.25, -0.2) is 9.37 Å². The van der Waals surface area contributed by atoms with Gasteiger partial charge in [0.15, 0.2) is 0 Å². The van der Waals surface area contributed by atoms with Crippen molar-refractivity contribution in [3.8, 4) is 17.3 Å². The first-order valence-corrected chi connectivity index (χ1v) is 11.3. The van der Waals surface area contributed by atoms with Crippen LogP contribution in [-0.2, 0) is 6.54 Å². The van der Waals surface area contributed by atoms with Crippen LogP contribution in [0.5, 0.6) is 0 Å². The van der Waals surface area contributed by atoms with Crippen LogP contribution < -0.4 is 5.32 Å². The third kappa shape index (κ3) is 4.59. The molecule has 1 aliphatic rings. The molecule has 6 nitrogen and oxygen atoms in total. The fraction of sp³-hybridized carbons (Fsp3) is 0.143. The molecule has 0 spiro atoms. The molecule has 0 aliphatic carbocycles. The number of nitrogens with zero attached hydrogens (tertiary/aromatic N) is 4. The van der Waals surface area contributed by atoms with Gasteiger partial charge in [-0.05, 0) is 61.0 Å². The maximum atomic E-state index is 13.4. The number of halogens is 1. The third-order valence-electron chi connectivity index (χ3n) is 6.19. The van der Waals surface area contributed by atoms with Crippen molar-refractivity contribution in [1.82, 2.24) is 15.3 Å². The van der Waals surface area contributed by atoms with E-state index in [0.717, 1.165) is 16.5 Å². The lowest BCUT2D eigenvalue weighted by Crippen LogP contribution is -2.45. The standard InChI is InChI=1S/C28H22FN5O/c1-18-27(16-31-34(18)17-20-8-6-19(15-30)7-9-20)33-28(35)24-14-26(21-10-12-22(29)13-11-21)32-25-5-3-2-4-23(24)25/h2-14,16,18,27H,17H2,1H3,(H,33,35). The number of fused-ring (bicyclic) bond motifs is 1. The van der Waals surface area contributed by atoms with Gasteiger partial charge in [0.2, 0.25) is 0 Å². The number of hydrazone groups is 1. The molecular formula is C28H22FN5O. The number of pyridine rings is 1. The zero-order valence-corrected chi connectivity index (χ0v) is 19.0. The monoisotopic (exact) mass is 463 g/mol. The number of para-hydroxylation sites is 1. The van der Waals surface area contributed by atoms with Crippen molar-refractivity contribution in [3.05, 3.63) is 101 Å². The van der Waals surface area contributed by atoms with E-state index in [9.17, 15) is 9.18 Å². The average molecular weight is 464 g/mol. The first kappa shape index (κ1) is 22.2. The minimum atomic E-state index is -0.326. The first-order chi connectivity index (χ1) is 17.0. The Morgan fingerprint density at radius 2 is 1.83 bits per heavy atom. The molecule has 0 radical (unpaired) electrons. The Kier molecular flexibility index (Phi) is 5.94. The Bertz CT molecular complexity index is 1460. The molecule has 2 atom stereocenters. The molecule has 1 amide bonds. The van der Waals surface area contributed by atoms with E-state index in [2.05, 4.69) is 21.5 Å². The molecule has 1 aliphatic heterocycles. The molecule has 172 valence electrons. The summed E-state index contributed by atoms with van der Waals surface area (Å²) < 4.78 is 13.4. The smallest absolute Gasteiger partial charge is 0.252 e. The molecule has 0 saturated heterocycles. The number of amides is 1. The van der Waals surface area contributed by atoms with Crippen LogP contribution in [0.15, 0.2) is 84.0 Å². The normalized spacial score (nSPS) is 16.9. The molecule has 5 rings (SSSR count). The van der Waals surface area contributed by atoms with E-state index in [0.29, 0.717) is 28.9 Å². The lowest BCUT2D eigenvalue weighted by atomic mass is 10.0. The lowest BCUT2D eigenvalue weighted by Gasteiger charge is -2.25. The van der Waals surface area contributed by atoms with Gasteiger partial charge in [0.05, 0.1) is 47.0 Å². The zero-order chi connectivity index (χ0) is 24.4. The Morgan fingerprint density at radius 3 is 2.57 bits per heavy atom. The Morgan fingerprint density at radius 1 is 1.09 bits per heavy atom. The summed E-state index contributed by atoms with van der Waals surface area (Å²) in [6.45, 7) is 2.58. The van der Waals surface area contributed by atoms with Crippen molar-refractivity contribution < 1.29 is 9.18 Å². The maximum absolute atomic E-state index is 13.4. The quantitative estimate of drug-likeness (QED) is 0.456. The van der Waals surface area contributed by atoms with Crippen LogP contribution in [0.4, 0.5) is 4.39 Å². The molecule has 0 bridgehead atoms. The summed E-state index contributed by atoms with van der Waals surface area (Å²) in [5, 5.41) is 19.2. The van der Waals surface area contributed by atoms with Gasteiger partial charge in [-0.2, -0.15) is 10.4 Å². The topological polar surface area (TPSA) is 81.4 Å². The van der Waals surface area contributed by atoms with E-state index in [1.54, 1.807) is 36.5 Å². The highest BCUT2D eigenvalue weighted by Crippen LogP contribution is 2.26. The number of rotatable bonds is 5. The van der Waals surface area contributed by atoms with Crippen LogP contribution in [-0.4, -0.2) is 34.2 Å². The molecule has 0 saturated carbocycles. The molecular weight excluding hydrogens is 441 g/mol. The van der Waals surface area contributed by atoms with Gasteiger partial charge in [-0.3, -0.25) is 9.80 Å². The Labute approximate surface area is 202 Å². The fourth-order valence-corrected chi connectivity index (χ4v) is 4.15. The summed E-state index contributed by atoms with van der Waals surface area (Å²) in [6.07, 6.45) is 1.75. The van der Waals surface area contributed by atoms with Crippen molar-refractivity contribution >= 4 is 23.0 Å². The summed E-state index contributed by atoms with van der Waals surface area (Å²) in [4.78, 5) is 18.1. The number of hydrogen-bond acceptors (Lipinski definition) is 5. The second-order valence-electron chi connectivity index (χ2n) is 8.49. The molecule has 1 aromatic heterocycles. The lowest BCUT2D eigenvalue weighted by molar-refractivity contribution is 0.0932. The highest BCUT2D eigenvalue weighted by molar-refractivity contribution is 6.08. The SMILES string of the molecule is CC1C(NC(=O)c2cc(-c3ccc(F)cc3)nc3ccccc23)C=NN1Cc1ccc(C#N)cc1. The highest BCUT2D eigenvalue weighted by atomic mass is 19.1. The van der Waals surface area contributed by atoms with Crippen molar-refractivity contribution in [2.75, 3.05) is 0 Å². The van der Waals surface area contributed by atoms with Crippen LogP contribution in [0.1, 0.15) is 28.4 Å². The summed E-state index contributed by atoms with van der Waals surface area (Å²) in [5.74, 6) is -0.553. The van der Waals surface area contributed by atoms with Gasteiger partial charge in [0.25, 0.3) is 5.91 Å². The van der Waals surface area contributed by atoms with Crippen LogP contribution in [0.3, 0.4) is 0 Å². The van der Waals surface area contributed by atoms with E-state index in [4.69, 9.17) is 5.26 Å².